The summed E-state index contributed by atoms with van der Waals surface area (Å²) in [6, 6.07) is 8.28. The van der Waals surface area contributed by atoms with Crippen LogP contribution in [0.25, 0.3) is 0 Å². The van der Waals surface area contributed by atoms with Crippen LogP contribution in [0.3, 0.4) is 0 Å². The molecule has 12 heteroatoms. The smallest absolute Gasteiger partial charge is 0.385 e. The van der Waals surface area contributed by atoms with Crippen molar-refractivity contribution in [1.29, 1.82) is 0 Å². The van der Waals surface area contributed by atoms with Gasteiger partial charge in [-0.1, -0.05) is 17.3 Å². The van der Waals surface area contributed by atoms with Crippen LogP contribution in [0, 0.1) is 0 Å². The number of rotatable bonds is 6. The van der Waals surface area contributed by atoms with E-state index in [0.717, 1.165) is 50.3 Å². The molecule has 0 saturated carbocycles. The molecular weight excluding hydrogens is 431 g/mol. The lowest BCUT2D eigenvalue weighted by Gasteiger charge is -2.43. The van der Waals surface area contributed by atoms with Crippen molar-refractivity contribution in [1.82, 2.24) is 9.80 Å². The Balaban J connectivity index is 1.39. The number of nitrogens with two attached hydrogens (primary N) is 1. The number of esters is 2. The Hall–Kier alpha value is -2.70. The van der Waals surface area contributed by atoms with Gasteiger partial charge in [-0.15, -0.1) is 5.90 Å². The zero-order valence-electron chi connectivity index (χ0n) is 17.5. The van der Waals surface area contributed by atoms with Crippen molar-refractivity contribution < 1.29 is 32.4 Å². The minimum atomic E-state index is -5.17. The molecule has 9 nitrogen and oxygen atoms in total. The lowest BCUT2D eigenvalue weighted by molar-refractivity contribution is -0.202. The van der Waals surface area contributed by atoms with Crippen molar-refractivity contribution >= 4 is 23.8 Å². The largest absolute Gasteiger partial charge is 0.491 e. The highest BCUT2D eigenvalue weighted by Crippen LogP contribution is 2.22. The van der Waals surface area contributed by atoms with Crippen molar-refractivity contribution in [3.05, 3.63) is 29.8 Å². The first kappa shape index (κ1) is 24.0. The van der Waals surface area contributed by atoms with E-state index >= 15 is 0 Å². The summed E-state index contributed by atoms with van der Waals surface area (Å²) < 4.78 is 40.4. The molecule has 0 bridgehead atoms. The monoisotopic (exact) mass is 457 g/mol. The maximum Gasteiger partial charge on any atom is 0.491 e. The average molecular weight is 457 g/mol. The maximum atomic E-state index is 12.2. The number of hydrogen-bond donors (Lipinski definition) is 1. The van der Waals surface area contributed by atoms with Crippen LogP contribution in [0.15, 0.2) is 29.4 Å². The van der Waals surface area contributed by atoms with E-state index in [-0.39, 0.29) is 6.54 Å². The lowest BCUT2D eigenvalue weighted by atomic mass is 10.0. The number of ether oxygens (including phenoxy) is 1. The number of benzene rings is 1. The van der Waals surface area contributed by atoms with Gasteiger partial charge >= 0.3 is 18.1 Å². The van der Waals surface area contributed by atoms with E-state index < -0.39 is 18.1 Å². The third kappa shape index (κ3) is 6.65. The van der Waals surface area contributed by atoms with Crippen LogP contribution in [0.4, 0.5) is 18.9 Å². The first-order valence-electron chi connectivity index (χ1n) is 10.3. The van der Waals surface area contributed by atoms with Crippen LogP contribution >= 0.6 is 0 Å². The minimum absolute atomic E-state index is 0.319. The molecule has 1 aromatic rings. The Kier molecular flexibility index (Phi) is 8.04. The molecule has 3 rings (SSSR count). The second-order valence-corrected chi connectivity index (χ2v) is 7.72. The van der Waals surface area contributed by atoms with Crippen molar-refractivity contribution in [2.45, 2.75) is 25.1 Å². The Labute approximate surface area is 183 Å². The van der Waals surface area contributed by atoms with E-state index in [9.17, 15) is 22.8 Å². The first-order valence-corrected chi connectivity index (χ1v) is 10.3. The van der Waals surface area contributed by atoms with E-state index in [1.165, 1.54) is 6.21 Å². The summed E-state index contributed by atoms with van der Waals surface area (Å²) in [5, 5.41) is 3.53. The van der Waals surface area contributed by atoms with Gasteiger partial charge in [-0.3, -0.25) is 14.6 Å². The fraction of sp³-hybridized carbons (Fsp3) is 0.550. The number of piperazine rings is 1. The van der Waals surface area contributed by atoms with E-state index in [4.69, 9.17) is 5.90 Å². The molecule has 2 fully saturated rings. The number of likely N-dealkylation sites (tertiary alicyclic amines) is 1. The van der Waals surface area contributed by atoms with Crippen LogP contribution in [0.2, 0.25) is 0 Å². The minimum Gasteiger partial charge on any atom is -0.385 e. The van der Waals surface area contributed by atoms with Gasteiger partial charge in [0.1, 0.15) is 0 Å². The quantitative estimate of drug-likeness (QED) is 0.294. The zero-order chi connectivity index (χ0) is 23.1. The molecule has 2 aliphatic heterocycles. The maximum absolute atomic E-state index is 12.2. The van der Waals surface area contributed by atoms with Gasteiger partial charge in [0.05, 0.1) is 12.8 Å². The number of anilines is 1. The molecule has 0 radical (unpaired) electrons. The summed E-state index contributed by atoms with van der Waals surface area (Å²) in [6.45, 7) is 4.37. The molecule has 2 N–H and O–H groups in total. The molecule has 176 valence electrons. The van der Waals surface area contributed by atoms with E-state index in [1.54, 1.807) is 4.90 Å². The van der Waals surface area contributed by atoms with Gasteiger partial charge in [0, 0.05) is 51.0 Å². The van der Waals surface area contributed by atoms with Crippen LogP contribution in [-0.2, 0) is 19.3 Å². The van der Waals surface area contributed by atoms with Gasteiger partial charge in [0.2, 0.25) is 0 Å². The summed E-state index contributed by atoms with van der Waals surface area (Å²) in [7, 11) is 0. The highest BCUT2D eigenvalue weighted by molar-refractivity contribution is 5.89. The Bertz CT molecular complexity index is 802. The number of alkyl halides is 3. The van der Waals surface area contributed by atoms with Crippen LogP contribution < -0.4 is 10.8 Å². The molecular formula is C20H26F3N5O4. The number of halogens is 3. The number of carbonyl (C=O) groups excluding carboxylic acids is 2. The molecule has 0 aliphatic carbocycles. The van der Waals surface area contributed by atoms with E-state index in [1.807, 2.05) is 24.3 Å². The molecule has 0 spiro atoms. The second kappa shape index (κ2) is 10.7. The molecule has 2 heterocycles. The number of piperidine rings is 1. The molecule has 1 aromatic carbocycles. The zero-order valence-corrected chi connectivity index (χ0v) is 17.5. The highest BCUT2D eigenvalue weighted by atomic mass is 19.4. The molecule has 2 aliphatic rings. The predicted octanol–water partition coefficient (Wildman–Crippen LogP) is 1.13. The molecule has 0 atom stereocenters. The van der Waals surface area contributed by atoms with Crippen molar-refractivity contribution in [3.8, 4) is 0 Å². The predicted molar refractivity (Wildman–Crippen MR) is 110 cm³/mol. The SMILES string of the molecule is NO/N=C/c1ccc(N2CCN(C3CCN(CC(=O)OC(=O)C(F)(F)F)CC3)CC2)cc1. The number of hydrogen-bond acceptors (Lipinski definition) is 9. The standard InChI is InChI=1S/C20H26F3N5O4/c21-20(22,23)19(30)31-18(29)14-26-7-5-17(6-8-26)28-11-9-27(10-12-28)16-3-1-15(2-4-16)13-25-32-24/h1-4,13,17H,5-12,14,24H2/b25-13+. The second-order valence-electron chi connectivity index (χ2n) is 7.72. The van der Waals surface area contributed by atoms with Crippen LogP contribution in [0.5, 0.6) is 0 Å². The number of oxime groups is 1. The molecule has 0 aromatic heterocycles. The fourth-order valence-corrected chi connectivity index (χ4v) is 4.03. The first-order chi connectivity index (χ1) is 15.3. The Morgan fingerprint density at radius 3 is 2.25 bits per heavy atom. The lowest BCUT2D eigenvalue weighted by Crippen LogP contribution is -2.53. The van der Waals surface area contributed by atoms with Gasteiger partial charge in [0.15, 0.2) is 0 Å². The third-order valence-corrected chi connectivity index (χ3v) is 5.70. The Morgan fingerprint density at radius 2 is 1.69 bits per heavy atom. The highest BCUT2D eigenvalue weighted by Gasteiger charge is 2.42. The van der Waals surface area contributed by atoms with Crippen LogP contribution in [0.1, 0.15) is 18.4 Å². The van der Waals surface area contributed by atoms with Crippen molar-refractivity contribution in [3.63, 3.8) is 0 Å². The summed E-state index contributed by atoms with van der Waals surface area (Å²) in [4.78, 5) is 33.0. The molecule has 0 amide bonds. The van der Waals surface area contributed by atoms with Crippen molar-refractivity contribution in [2.75, 3.05) is 50.7 Å². The van der Waals surface area contributed by atoms with Crippen LogP contribution in [-0.4, -0.2) is 86.0 Å². The normalized spacial score (nSPS) is 19.3. The van der Waals surface area contributed by atoms with Gasteiger partial charge in [0.25, 0.3) is 0 Å². The molecule has 32 heavy (non-hydrogen) atoms. The summed E-state index contributed by atoms with van der Waals surface area (Å²) >= 11 is 0. The Morgan fingerprint density at radius 1 is 1.06 bits per heavy atom. The van der Waals surface area contributed by atoms with Gasteiger partial charge in [-0.25, -0.2) is 4.79 Å². The third-order valence-electron chi connectivity index (χ3n) is 5.70. The van der Waals surface area contributed by atoms with Gasteiger partial charge < -0.3 is 14.6 Å². The summed E-state index contributed by atoms with van der Waals surface area (Å²) in [5.41, 5.74) is 2.01. The summed E-state index contributed by atoms with van der Waals surface area (Å²) in [5.74, 6) is 1.23. The van der Waals surface area contributed by atoms with Gasteiger partial charge in [-0.2, -0.15) is 13.2 Å². The van der Waals surface area contributed by atoms with E-state index in [2.05, 4.69) is 24.6 Å². The van der Waals surface area contributed by atoms with Crippen molar-refractivity contribution in [2.24, 2.45) is 11.1 Å². The fourth-order valence-electron chi connectivity index (χ4n) is 4.03. The van der Waals surface area contributed by atoms with Gasteiger partial charge in [-0.05, 0) is 30.5 Å². The molecule has 0 unspecified atom stereocenters. The topological polar surface area (TPSA) is 101 Å². The summed E-state index contributed by atoms with van der Waals surface area (Å²) in [6.07, 6.45) is -2.03. The number of nitrogens with zero attached hydrogens (tertiary/aromatic N) is 4. The molecule has 2 saturated heterocycles. The van der Waals surface area contributed by atoms with E-state index in [0.29, 0.717) is 19.1 Å². The average Bonchev–Trinajstić information content (AvgIpc) is 2.78. The number of carbonyl (C=O) groups is 2.